The van der Waals surface area contributed by atoms with Gasteiger partial charge in [-0.15, -0.1) is 0 Å². The van der Waals surface area contributed by atoms with E-state index >= 15 is 0 Å². The molecular formula is C28H32Cl2F2N6O2. The van der Waals surface area contributed by atoms with E-state index in [1.54, 1.807) is 12.1 Å². The van der Waals surface area contributed by atoms with Gasteiger partial charge in [0.1, 0.15) is 17.3 Å². The van der Waals surface area contributed by atoms with E-state index in [0.29, 0.717) is 40.7 Å². The first-order valence-corrected chi connectivity index (χ1v) is 14.2. The first-order chi connectivity index (χ1) is 19.2. The lowest BCUT2D eigenvalue weighted by Crippen LogP contribution is -2.54. The molecule has 0 spiro atoms. The van der Waals surface area contributed by atoms with Crippen molar-refractivity contribution < 1.29 is 18.3 Å². The molecule has 1 atom stereocenters. The summed E-state index contributed by atoms with van der Waals surface area (Å²) in [6.45, 7) is 6.20. The molecule has 12 heteroatoms. The van der Waals surface area contributed by atoms with Crippen molar-refractivity contribution >= 4 is 57.5 Å². The Kier molecular flexibility index (Phi) is 8.49. The van der Waals surface area contributed by atoms with Crippen molar-refractivity contribution in [3.05, 3.63) is 45.9 Å². The number of nitrogens with one attached hydrogen (secondary N) is 2. The number of carbonyl (C=O) groups is 1. The van der Waals surface area contributed by atoms with Crippen LogP contribution in [0.4, 0.5) is 26.2 Å². The number of methoxy groups -OCH3 is 1. The van der Waals surface area contributed by atoms with Gasteiger partial charge in [-0.25, -0.2) is 13.8 Å². The summed E-state index contributed by atoms with van der Waals surface area (Å²) in [5.74, 6) is -0.539. The summed E-state index contributed by atoms with van der Waals surface area (Å²) in [7, 11) is 1.50. The van der Waals surface area contributed by atoms with Gasteiger partial charge in [-0.2, -0.15) is 4.98 Å². The number of amides is 1. The molecule has 5 rings (SSSR count). The van der Waals surface area contributed by atoms with Gasteiger partial charge in [0.2, 0.25) is 11.9 Å². The SMILES string of the molecule is COc1cc2nc(N3CCC(N(C(=O)C4CCCN4)C(C)C)CC3)nc(Nc3c(F)cc(Cl)cc3F)c2cc1Cl. The molecule has 2 aromatic carbocycles. The third-order valence-electron chi connectivity index (χ3n) is 7.52. The fourth-order valence-electron chi connectivity index (χ4n) is 5.57. The number of hydrogen-bond acceptors (Lipinski definition) is 7. The molecule has 40 heavy (non-hydrogen) atoms. The van der Waals surface area contributed by atoms with Gasteiger partial charge in [-0.3, -0.25) is 4.79 Å². The van der Waals surface area contributed by atoms with Crippen molar-refractivity contribution in [3.63, 3.8) is 0 Å². The molecule has 3 heterocycles. The van der Waals surface area contributed by atoms with Crippen LogP contribution >= 0.6 is 23.2 Å². The first kappa shape index (κ1) is 28.6. The molecule has 2 fully saturated rings. The summed E-state index contributed by atoms with van der Waals surface area (Å²) in [6, 6.07) is 5.39. The van der Waals surface area contributed by atoms with Crippen molar-refractivity contribution in [1.29, 1.82) is 0 Å². The van der Waals surface area contributed by atoms with Gasteiger partial charge in [-0.05, 0) is 64.3 Å². The average Bonchev–Trinajstić information content (AvgIpc) is 3.46. The minimum atomic E-state index is -0.853. The maximum Gasteiger partial charge on any atom is 0.240 e. The average molecular weight is 594 g/mol. The van der Waals surface area contributed by atoms with Crippen molar-refractivity contribution in [2.24, 2.45) is 0 Å². The number of halogens is 4. The molecule has 2 N–H and O–H groups in total. The lowest BCUT2D eigenvalue weighted by Gasteiger charge is -2.41. The number of anilines is 3. The minimum absolute atomic E-state index is 0.0536. The summed E-state index contributed by atoms with van der Waals surface area (Å²) in [4.78, 5) is 26.8. The maximum absolute atomic E-state index is 14.7. The lowest BCUT2D eigenvalue weighted by molar-refractivity contribution is -0.138. The Morgan fingerprint density at radius 1 is 1.12 bits per heavy atom. The van der Waals surface area contributed by atoms with Crippen LogP contribution in [0, 0.1) is 11.6 Å². The van der Waals surface area contributed by atoms with Gasteiger partial charge in [0.05, 0.1) is 23.7 Å². The molecule has 2 aliphatic rings. The quantitative estimate of drug-likeness (QED) is 0.352. The van der Waals surface area contributed by atoms with E-state index < -0.39 is 11.6 Å². The normalized spacial score (nSPS) is 18.0. The molecule has 0 aliphatic carbocycles. The van der Waals surface area contributed by atoms with E-state index in [9.17, 15) is 13.6 Å². The highest BCUT2D eigenvalue weighted by molar-refractivity contribution is 6.33. The number of piperidine rings is 1. The lowest BCUT2D eigenvalue weighted by atomic mass is 10.00. The van der Waals surface area contributed by atoms with Crippen molar-refractivity contribution in [3.8, 4) is 5.75 Å². The van der Waals surface area contributed by atoms with Crippen LogP contribution in [-0.4, -0.2) is 65.6 Å². The van der Waals surface area contributed by atoms with Crippen molar-refractivity contribution in [2.45, 2.75) is 57.7 Å². The van der Waals surface area contributed by atoms with Crippen LogP contribution in [0.1, 0.15) is 39.5 Å². The molecule has 8 nitrogen and oxygen atoms in total. The van der Waals surface area contributed by atoms with Crippen molar-refractivity contribution in [2.75, 3.05) is 37.0 Å². The van der Waals surface area contributed by atoms with E-state index in [-0.39, 0.29) is 40.6 Å². The van der Waals surface area contributed by atoms with E-state index in [4.69, 9.17) is 32.9 Å². The number of hydrogen-bond donors (Lipinski definition) is 2. The summed E-state index contributed by atoms with van der Waals surface area (Å²) < 4.78 is 34.7. The molecule has 1 aromatic heterocycles. The van der Waals surface area contributed by atoms with Crippen LogP contribution in [0.3, 0.4) is 0 Å². The van der Waals surface area contributed by atoms with Crippen LogP contribution in [-0.2, 0) is 4.79 Å². The van der Waals surface area contributed by atoms with Gasteiger partial charge in [0.15, 0.2) is 11.6 Å². The molecule has 214 valence electrons. The Morgan fingerprint density at radius 2 is 1.82 bits per heavy atom. The van der Waals surface area contributed by atoms with Crippen LogP contribution in [0.25, 0.3) is 10.9 Å². The third-order valence-corrected chi connectivity index (χ3v) is 8.03. The standard InChI is InChI=1S/C28H32Cl2F2N6O2/c1-15(2)38(27(39)22-5-4-8-33-22)17-6-9-37(10-7-17)28-34-23-14-24(40-3)19(30)13-18(23)26(36-28)35-25-20(31)11-16(29)12-21(25)32/h11-15,17,22,33H,4-10H2,1-3H3,(H,34,35,36). The smallest absolute Gasteiger partial charge is 0.240 e. The first-order valence-electron chi connectivity index (χ1n) is 13.4. The molecule has 2 saturated heterocycles. The van der Waals surface area contributed by atoms with Crippen LogP contribution in [0.5, 0.6) is 5.75 Å². The van der Waals surface area contributed by atoms with Gasteiger partial charge in [0, 0.05) is 41.6 Å². The van der Waals surface area contributed by atoms with E-state index in [1.165, 1.54) is 7.11 Å². The highest BCUT2D eigenvalue weighted by atomic mass is 35.5. The second kappa shape index (κ2) is 11.9. The third kappa shape index (κ3) is 5.75. The number of benzene rings is 2. The summed E-state index contributed by atoms with van der Waals surface area (Å²) >= 11 is 12.2. The number of nitrogens with zero attached hydrogens (tertiary/aromatic N) is 4. The predicted molar refractivity (Wildman–Crippen MR) is 154 cm³/mol. The number of ether oxygens (including phenoxy) is 1. The Labute approximate surface area is 242 Å². The Balaban J connectivity index is 1.44. The molecule has 0 radical (unpaired) electrons. The Bertz CT molecular complexity index is 1390. The molecular weight excluding hydrogens is 561 g/mol. The largest absolute Gasteiger partial charge is 0.495 e. The Hall–Kier alpha value is -2.95. The topological polar surface area (TPSA) is 82.6 Å². The fraction of sp³-hybridized carbons (Fsp3) is 0.464. The van der Waals surface area contributed by atoms with E-state index in [1.807, 2.05) is 9.80 Å². The van der Waals surface area contributed by atoms with Crippen LogP contribution in [0.15, 0.2) is 24.3 Å². The summed E-state index contributed by atoms with van der Waals surface area (Å²) in [6.07, 6.45) is 3.36. The van der Waals surface area contributed by atoms with E-state index in [2.05, 4.69) is 29.5 Å². The minimum Gasteiger partial charge on any atom is -0.495 e. The molecule has 3 aromatic rings. The molecule has 0 saturated carbocycles. The van der Waals surface area contributed by atoms with Gasteiger partial charge in [0.25, 0.3) is 0 Å². The molecule has 2 aliphatic heterocycles. The monoisotopic (exact) mass is 592 g/mol. The fourth-order valence-corrected chi connectivity index (χ4v) is 6.00. The van der Waals surface area contributed by atoms with Gasteiger partial charge >= 0.3 is 0 Å². The van der Waals surface area contributed by atoms with Crippen LogP contribution < -0.4 is 20.3 Å². The molecule has 1 amide bonds. The zero-order valence-electron chi connectivity index (χ0n) is 22.6. The highest BCUT2D eigenvalue weighted by Gasteiger charge is 2.35. The van der Waals surface area contributed by atoms with E-state index in [0.717, 1.165) is 44.4 Å². The number of carbonyl (C=O) groups excluding carboxylic acids is 1. The highest BCUT2D eigenvalue weighted by Crippen LogP contribution is 2.36. The van der Waals surface area contributed by atoms with Crippen LogP contribution in [0.2, 0.25) is 10.0 Å². The Morgan fingerprint density at radius 3 is 2.42 bits per heavy atom. The zero-order valence-corrected chi connectivity index (χ0v) is 24.1. The molecule has 1 unspecified atom stereocenters. The number of fused-ring (bicyclic) bond motifs is 1. The number of rotatable bonds is 7. The van der Waals surface area contributed by atoms with Gasteiger partial charge in [-0.1, -0.05) is 23.2 Å². The van der Waals surface area contributed by atoms with Crippen molar-refractivity contribution in [1.82, 2.24) is 20.2 Å². The second-order valence-corrected chi connectivity index (χ2v) is 11.3. The summed E-state index contributed by atoms with van der Waals surface area (Å²) in [5.41, 5.74) is 0.115. The maximum atomic E-state index is 14.7. The second-order valence-electron chi connectivity index (χ2n) is 10.5. The molecule has 0 bridgehead atoms. The van der Waals surface area contributed by atoms with Gasteiger partial charge < -0.3 is 25.2 Å². The zero-order chi connectivity index (χ0) is 28.6. The summed E-state index contributed by atoms with van der Waals surface area (Å²) in [5, 5.41) is 6.85. The number of aromatic nitrogens is 2. The predicted octanol–water partition coefficient (Wildman–Crippen LogP) is 5.92.